The lowest BCUT2D eigenvalue weighted by Gasteiger charge is -2.08. The highest BCUT2D eigenvalue weighted by Crippen LogP contribution is 2.27. The lowest BCUT2D eigenvalue weighted by atomic mass is 10.2. The molecule has 1 aromatic heterocycles. The van der Waals surface area contributed by atoms with Crippen molar-refractivity contribution in [2.45, 2.75) is 36.6 Å². The van der Waals surface area contributed by atoms with E-state index < -0.39 is 0 Å². The molecule has 1 aromatic carbocycles. The number of anilines is 1. The third-order valence-electron chi connectivity index (χ3n) is 2.47. The van der Waals surface area contributed by atoms with Gasteiger partial charge in [-0.2, -0.15) is 0 Å². The Bertz CT molecular complexity index is 535. The topological polar surface area (TPSA) is 51.8 Å². The van der Waals surface area contributed by atoms with E-state index in [1.807, 2.05) is 37.3 Å². The lowest BCUT2D eigenvalue weighted by Crippen LogP contribution is -2.00. The molecule has 0 unspecified atom stereocenters. The SMILES string of the molecule is Cc1cc(Sc2ccc(N)cc2)nc(C(C)C)n1. The van der Waals surface area contributed by atoms with Crippen LogP contribution in [0.5, 0.6) is 0 Å². The maximum atomic E-state index is 5.67. The second-order valence-electron chi connectivity index (χ2n) is 4.53. The van der Waals surface area contributed by atoms with Crippen molar-refractivity contribution in [1.29, 1.82) is 0 Å². The molecule has 0 amide bonds. The van der Waals surface area contributed by atoms with Crippen LogP contribution in [0.15, 0.2) is 40.3 Å². The summed E-state index contributed by atoms with van der Waals surface area (Å²) in [6.07, 6.45) is 0. The smallest absolute Gasteiger partial charge is 0.132 e. The van der Waals surface area contributed by atoms with Crippen LogP contribution in [0, 0.1) is 6.92 Å². The molecule has 2 rings (SSSR count). The Morgan fingerprint density at radius 1 is 1.11 bits per heavy atom. The van der Waals surface area contributed by atoms with Gasteiger partial charge >= 0.3 is 0 Å². The summed E-state index contributed by atoms with van der Waals surface area (Å²) in [5, 5.41) is 0.982. The zero-order valence-electron chi connectivity index (χ0n) is 10.8. The molecule has 0 spiro atoms. The summed E-state index contributed by atoms with van der Waals surface area (Å²) in [6.45, 7) is 6.21. The van der Waals surface area contributed by atoms with E-state index >= 15 is 0 Å². The molecule has 0 saturated heterocycles. The zero-order chi connectivity index (χ0) is 13.1. The van der Waals surface area contributed by atoms with E-state index in [4.69, 9.17) is 5.73 Å². The first-order chi connectivity index (χ1) is 8.54. The van der Waals surface area contributed by atoms with Gasteiger partial charge in [0.15, 0.2) is 0 Å². The molecular formula is C14H17N3S. The van der Waals surface area contributed by atoms with Gasteiger partial charge in [-0.05, 0) is 37.3 Å². The van der Waals surface area contributed by atoms with Crippen molar-refractivity contribution < 1.29 is 0 Å². The highest BCUT2D eigenvalue weighted by atomic mass is 32.2. The Hall–Kier alpha value is -1.55. The van der Waals surface area contributed by atoms with Crippen LogP contribution in [0.3, 0.4) is 0 Å². The number of hydrogen-bond acceptors (Lipinski definition) is 4. The molecule has 2 N–H and O–H groups in total. The first kappa shape index (κ1) is 12.9. The monoisotopic (exact) mass is 259 g/mol. The number of benzene rings is 1. The van der Waals surface area contributed by atoms with Crippen molar-refractivity contribution in [2.75, 3.05) is 5.73 Å². The van der Waals surface area contributed by atoms with Gasteiger partial charge in [0.1, 0.15) is 10.9 Å². The van der Waals surface area contributed by atoms with E-state index in [1.54, 1.807) is 11.8 Å². The van der Waals surface area contributed by atoms with Crippen molar-refractivity contribution in [1.82, 2.24) is 9.97 Å². The van der Waals surface area contributed by atoms with E-state index in [-0.39, 0.29) is 0 Å². The van der Waals surface area contributed by atoms with Gasteiger partial charge in [0, 0.05) is 22.2 Å². The fourth-order valence-corrected chi connectivity index (χ4v) is 2.41. The van der Waals surface area contributed by atoms with Crippen LogP contribution >= 0.6 is 11.8 Å². The number of nitrogens with zero attached hydrogens (tertiary/aromatic N) is 2. The second kappa shape index (κ2) is 5.40. The molecule has 18 heavy (non-hydrogen) atoms. The highest BCUT2D eigenvalue weighted by Gasteiger charge is 2.07. The fraction of sp³-hybridized carbons (Fsp3) is 0.286. The molecule has 4 heteroatoms. The van der Waals surface area contributed by atoms with Crippen LogP contribution in [0.1, 0.15) is 31.3 Å². The lowest BCUT2D eigenvalue weighted by molar-refractivity contribution is 0.744. The summed E-state index contributed by atoms with van der Waals surface area (Å²) in [7, 11) is 0. The van der Waals surface area contributed by atoms with Gasteiger partial charge in [0.25, 0.3) is 0 Å². The first-order valence-electron chi connectivity index (χ1n) is 5.93. The molecule has 1 heterocycles. The number of aryl methyl sites for hydroxylation is 1. The van der Waals surface area contributed by atoms with Crippen molar-refractivity contribution in [3.63, 3.8) is 0 Å². The molecule has 0 aliphatic rings. The summed E-state index contributed by atoms with van der Waals surface area (Å²) in [6, 6.07) is 9.82. The van der Waals surface area contributed by atoms with Crippen LogP contribution in [0.25, 0.3) is 0 Å². The van der Waals surface area contributed by atoms with Crippen LogP contribution in [-0.2, 0) is 0 Å². The Morgan fingerprint density at radius 3 is 2.39 bits per heavy atom. The van der Waals surface area contributed by atoms with E-state index in [0.29, 0.717) is 5.92 Å². The molecule has 3 nitrogen and oxygen atoms in total. The average Bonchev–Trinajstić information content (AvgIpc) is 2.31. The Kier molecular flexibility index (Phi) is 3.87. The molecular weight excluding hydrogens is 242 g/mol. The van der Waals surface area contributed by atoms with Gasteiger partial charge in [-0.3, -0.25) is 0 Å². The number of nitrogens with two attached hydrogens (primary N) is 1. The predicted octanol–water partition coefficient (Wildman–Crippen LogP) is 3.64. The minimum Gasteiger partial charge on any atom is -0.399 e. The minimum absolute atomic E-state index is 0.343. The largest absolute Gasteiger partial charge is 0.399 e. The van der Waals surface area contributed by atoms with Gasteiger partial charge in [0.2, 0.25) is 0 Å². The molecule has 0 aliphatic heterocycles. The Morgan fingerprint density at radius 2 is 1.78 bits per heavy atom. The number of rotatable bonds is 3. The Balaban J connectivity index is 2.26. The fourth-order valence-electron chi connectivity index (χ4n) is 1.53. The Labute approximate surface area is 112 Å². The summed E-state index contributed by atoms with van der Waals surface area (Å²) in [5.41, 5.74) is 7.46. The standard InChI is InChI=1S/C14H17N3S/c1-9(2)14-16-10(3)8-13(17-14)18-12-6-4-11(15)5-7-12/h4-9H,15H2,1-3H3. The molecule has 94 valence electrons. The normalized spacial score (nSPS) is 10.9. The van der Waals surface area contributed by atoms with Gasteiger partial charge in [0.05, 0.1) is 0 Å². The first-order valence-corrected chi connectivity index (χ1v) is 6.75. The third-order valence-corrected chi connectivity index (χ3v) is 3.39. The second-order valence-corrected chi connectivity index (χ2v) is 5.63. The van der Waals surface area contributed by atoms with Gasteiger partial charge in [-0.25, -0.2) is 9.97 Å². The predicted molar refractivity (Wildman–Crippen MR) is 75.8 cm³/mol. The van der Waals surface area contributed by atoms with E-state index in [0.717, 1.165) is 27.1 Å². The number of aromatic nitrogens is 2. The van der Waals surface area contributed by atoms with Crippen molar-refractivity contribution in [3.8, 4) is 0 Å². The van der Waals surface area contributed by atoms with E-state index in [1.165, 1.54) is 0 Å². The van der Waals surface area contributed by atoms with E-state index in [2.05, 4.69) is 23.8 Å². The molecule has 0 bridgehead atoms. The molecule has 2 aromatic rings. The highest BCUT2D eigenvalue weighted by molar-refractivity contribution is 7.99. The molecule has 0 saturated carbocycles. The summed E-state index contributed by atoms with van der Waals surface area (Å²) in [4.78, 5) is 10.2. The van der Waals surface area contributed by atoms with Crippen LogP contribution in [0.2, 0.25) is 0 Å². The molecule has 0 fully saturated rings. The molecule has 0 atom stereocenters. The summed E-state index contributed by atoms with van der Waals surface area (Å²) >= 11 is 1.64. The minimum atomic E-state index is 0.343. The number of nitrogen functional groups attached to an aromatic ring is 1. The van der Waals surface area contributed by atoms with Crippen molar-refractivity contribution in [3.05, 3.63) is 41.9 Å². The summed E-state index contributed by atoms with van der Waals surface area (Å²) < 4.78 is 0. The van der Waals surface area contributed by atoms with Crippen LogP contribution < -0.4 is 5.73 Å². The molecule has 0 aliphatic carbocycles. The maximum Gasteiger partial charge on any atom is 0.132 e. The van der Waals surface area contributed by atoms with Crippen molar-refractivity contribution >= 4 is 17.4 Å². The number of hydrogen-bond donors (Lipinski definition) is 1. The third kappa shape index (κ3) is 3.23. The zero-order valence-corrected chi connectivity index (χ0v) is 11.7. The van der Waals surface area contributed by atoms with Crippen LogP contribution in [0.4, 0.5) is 5.69 Å². The van der Waals surface area contributed by atoms with Gasteiger partial charge < -0.3 is 5.73 Å². The molecule has 0 radical (unpaired) electrons. The maximum absolute atomic E-state index is 5.67. The van der Waals surface area contributed by atoms with Crippen LogP contribution in [-0.4, -0.2) is 9.97 Å². The van der Waals surface area contributed by atoms with E-state index in [9.17, 15) is 0 Å². The van der Waals surface area contributed by atoms with Gasteiger partial charge in [-0.15, -0.1) is 0 Å². The quantitative estimate of drug-likeness (QED) is 0.675. The van der Waals surface area contributed by atoms with Crippen molar-refractivity contribution in [2.24, 2.45) is 0 Å². The van der Waals surface area contributed by atoms with Gasteiger partial charge in [-0.1, -0.05) is 25.6 Å². The summed E-state index contributed by atoms with van der Waals surface area (Å²) in [5.74, 6) is 1.24. The average molecular weight is 259 g/mol.